The first kappa shape index (κ1) is 15.8. The van der Waals surface area contributed by atoms with Gasteiger partial charge >= 0.3 is 6.18 Å². The number of nitrogens with zero attached hydrogens (tertiary/aromatic N) is 1. The van der Waals surface area contributed by atoms with Gasteiger partial charge in [0.05, 0.1) is 12.1 Å². The van der Waals surface area contributed by atoms with Gasteiger partial charge in [-0.1, -0.05) is 43.5 Å². The molecule has 1 fully saturated rings. The second-order valence-electron chi connectivity index (χ2n) is 6.70. The first-order chi connectivity index (χ1) is 10.4. The minimum absolute atomic E-state index is 0.222. The summed E-state index contributed by atoms with van der Waals surface area (Å²) in [5.74, 6) is -0.222. The Labute approximate surface area is 128 Å². The van der Waals surface area contributed by atoms with E-state index >= 15 is 0 Å². The summed E-state index contributed by atoms with van der Waals surface area (Å²) in [6.07, 6.45) is 0.176. The van der Waals surface area contributed by atoms with Crippen LogP contribution in [0, 0.1) is 0 Å². The van der Waals surface area contributed by atoms with Crippen molar-refractivity contribution >= 4 is 0 Å². The van der Waals surface area contributed by atoms with E-state index in [0.29, 0.717) is 19.4 Å². The molecule has 0 aromatic heterocycles. The molecule has 22 heavy (non-hydrogen) atoms. The van der Waals surface area contributed by atoms with Gasteiger partial charge in [0.2, 0.25) is 0 Å². The number of hydrogen-bond donors (Lipinski definition) is 1. The Balaban J connectivity index is 1.90. The fourth-order valence-electron chi connectivity index (χ4n) is 4.03. The lowest BCUT2D eigenvalue weighted by molar-refractivity contribution is -0.152. The predicted molar refractivity (Wildman–Crippen MR) is 78.5 cm³/mol. The quantitative estimate of drug-likeness (QED) is 0.896. The van der Waals surface area contributed by atoms with Crippen LogP contribution >= 0.6 is 0 Å². The third-order valence-electron chi connectivity index (χ3n) is 5.04. The average Bonchev–Trinajstić information content (AvgIpc) is 2.45. The van der Waals surface area contributed by atoms with Crippen molar-refractivity contribution in [3.63, 3.8) is 0 Å². The molecule has 1 N–H and O–H groups in total. The van der Waals surface area contributed by atoms with Crippen molar-refractivity contribution in [1.82, 2.24) is 4.90 Å². The van der Waals surface area contributed by atoms with Gasteiger partial charge in [-0.15, -0.1) is 0 Å². The van der Waals surface area contributed by atoms with Crippen molar-refractivity contribution in [2.45, 2.75) is 56.3 Å². The molecule has 122 valence electrons. The van der Waals surface area contributed by atoms with Crippen molar-refractivity contribution in [1.29, 1.82) is 0 Å². The van der Waals surface area contributed by atoms with Crippen molar-refractivity contribution in [2.24, 2.45) is 0 Å². The molecule has 0 bridgehead atoms. The summed E-state index contributed by atoms with van der Waals surface area (Å²) in [4.78, 5) is 1.43. The zero-order valence-corrected chi connectivity index (χ0v) is 12.6. The minimum atomic E-state index is -4.20. The van der Waals surface area contributed by atoms with Gasteiger partial charge in [-0.3, -0.25) is 4.90 Å². The molecule has 1 unspecified atom stereocenters. The number of rotatable bonds is 2. The number of halogens is 3. The molecule has 2 aliphatic rings. The van der Waals surface area contributed by atoms with E-state index in [1.54, 1.807) is 0 Å². The Hall–Kier alpha value is -1.07. The highest BCUT2D eigenvalue weighted by molar-refractivity contribution is 5.35. The number of alkyl halides is 3. The summed E-state index contributed by atoms with van der Waals surface area (Å²) >= 11 is 0. The number of benzene rings is 1. The maximum Gasteiger partial charge on any atom is 0.401 e. The van der Waals surface area contributed by atoms with Crippen LogP contribution < -0.4 is 0 Å². The Morgan fingerprint density at radius 3 is 2.50 bits per heavy atom. The zero-order valence-electron chi connectivity index (χ0n) is 12.6. The van der Waals surface area contributed by atoms with Crippen LogP contribution in [0.15, 0.2) is 24.3 Å². The lowest BCUT2D eigenvalue weighted by Crippen LogP contribution is -2.48. The van der Waals surface area contributed by atoms with Gasteiger partial charge in [-0.25, -0.2) is 0 Å². The van der Waals surface area contributed by atoms with Crippen LogP contribution in [-0.4, -0.2) is 34.9 Å². The molecule has 1 aromatic rings. The number of aliphatic hydroxyl groups is 1. The second-order valence-corrected chi connectivity index (χ2v) is 6.70. The summed E-state index contributed by atoms with van der Waals surface area (Å²) in [5.41, 5.74) is 1.09. The van der Waals surface area contributed by atoms with Crippen LogP contribution in [0.1, 0.15) is 49.1 Å². The van der Waals surface area contributed by atoms with E-state index in [1.165, 1.54) is 4.90 Å². The lowest BCUT2D eigenvalue weighted by Gasteiger charge is -2.45. The minimum Gasteiger partial charge on any atom is -0.389 e. The summed E-state index contributed by atoms with van der Waals surface area (Å²) < 4.78 is 38.3. The molecule has 1 saturated carbocycles. The topological polar surface area (TPSA) is 23.5 Å². The maximum atomic E-state index is 12.8. The van der Waals surface area contributed by atoms with E-state index in [4.69, 9.17) is 0 Å². The average molecular weight is 313 g/mol. The van der Waals surface area contributed by atoms with Gasteiger partial charge in [-0.2, -0.15) is 13.2 Å². The SMILES string of the molecule is OC1(C2CN(CC(F)(F)F)Cc3ccccc32)CCCCC1. The molecule has 1 aliphatic carbocycles. The fraction of sp³-hybridized carbons (Fsp3) is 0.647. The Morgan fingerprint density at radius 1 is 1.14 bits per heavy atom. The zero-order chi connectivity index (χ0) is 15.8. The van der Waals surface area contributed by atoms with Gasteiger partial charge in [0.25, 0.3) is 0 Å². The third kappa shape index (κ3) is 3.30. The van der Waals surface area contributed by atoms with E-state index in [2.05, 4.69) is 0 Å². The maximum absolute atomic E-state index is 12.8. The molecule has 2 nitrogen and oxygen atoms in total. The van der Waals surface area contributed by atoms with E-state index in [0.717, 1.165) is 30.4 Å². The first-order valence-corrected chi connectivity index (χ1v) is 7.97. The number of fused-ring (bicyclic) bond motifs is 1. The van der Waals surface area contributed by atoms with Crippen molar-refractivity contribution in [3.05, 3.63) is 35.4 Å². The normalized spacial score (nSPS) is 25.7. The van der Waals surface area contributed by atoms with E-state index in [-0.39, 0.29) is 12.5 Å². The Kier molecular flexibility index (Phi) is 4.21. The standard InChI is InChI=1S/C17H22F3NO/c18-17(19,20)12-21-10-13-6-2-3-7-14(13)15(11-21)16(22)8-4-1-5-9-16/h2-3,6-7,15,22H,1,4-5,8-12H2. The predicted octanol–water partition coefficient (Wildman–Crippen LogP) is 3.84. The van der Waals surface area contributed by atoms with Gasteiger partial charge in [0, 0.05) is 19.0 Å². The van der Waals surface area contributed by atoms with Crippen molar-refractivity contribution in [2.75, 3.05) is 13.1 Å². The van der Waals surface area contributed by atoms with Gasteiger partial charge in [-0.05, 0) is 24.0 Å². The first-order valence-electron chi connectivity index (χ1n) is 7.97. The molecule has 5 heteroatoms. The van der Waals surface area contributed by atoms with Crippen LogP contribution in [0.25, 0.3) is 0 Å². The third-order valence-corrected chi connectivity index (χ3v) is 5.04. The summed E-state index contributed by atoms with van der Waals surface area (Å²) in [7, 11) is 0. The summed E-state index contributed by atoms with van der Waals surface area (Å²) in [5, 5.41) is 11.1. The highest BCUT2D eigenvalue weighted by atomic mass is 19.4. The van der Waals surface area contributed by atoms with Gasteiger partial charge in [0.15, 0.2) is 0 Å². The molecule has 1 heterocycles. The molecule has 0 amide bonds. The van der Waals surface area contributed by atoms with Crippen LogP contribution in [-0.2, 0) is 6.54 Å². The highest BCUT2D eigenvalue weighted by Gasteiger charge is 2.43. The largest absolute Gasteiger partial charge is 0.401 e. The van der Waals surface area contributed by atoms with Crippen molar-refractivity contribution < 1.29 is 18.3 Å². The van der Waals surface area contributed by atoms with Crippen LogP contribution in [0.2, 0.25) is 0 Å². The van der Waals surface area contributed by atoms with Crippen LogP contribution in [0.5, 0.6) is 0 Å². The smallest absolute Gasteiger partial charge is 0.389 e. The molecular formula is C17H22F3NO. The van der Waals surface area contributed by atoms with Crippen LogP contribution in [0.4, 0.5) is 13.2 Å². The van der Waals surface area contributed by atoms with Gasteiger partial charge < -0.3 is 5.11 Å². The van der Waals surface area contributed by atoms with Gasteiger partial charge in [0.1, 0.15) is 0 Å². The molecular weight excluding hydrogens is 291 g/mol. The van der Waals surface area contributed by atoms with Crippen LogP contribution in [0.3, 0.4) is 0 Å². The molecule has 0 saturated heterocycles. The summed E-state index contributed by atoms with van der Waals surface area (Å²) in [6, 6.07) is 7.63. The molecule has 0 spiro atoms. The Bertz CT molecular complexity index is 523. The van der Waals surface area contributed by atoms with E-state index in [1.807, 2.05) is 24.3 Å². The monoisotopic (exact) mass is 313 g/mol. The summed E-state index contributed by atoms with van der Waals surface area (Å²) in [6.45, 7) is -0.316. The molecule has 3 rings (SSSR count). The molecule has 1 atom stereocenters. The molecule has 0 radical (unpaired) electrons. The van der Waals surface area contributed by atoms with E-state index < -0.39 is 18.3 Å². The second kappa shape index (κ2) is 5.85. The fourth-order valence-corrected chi connectivity index (χ4v) is 4.03. The molecule has 1 aliphatic heterocycles. The molecule has 1 aromatic carbocycles. The number of hydrogen-bond acceptors (Lipinski definition) is 2. The lowest BCUT2D eigenvalue weighted by atomic mass is 9.70. The highest BCUT2D eigenvalue weighted by Crippen LogP contribution is 2.44. The Morgan fingerprint density at radius 2 is 1.82 bits per heavy atom. The van der Waals surface area contributed by atoms with Crippen molar-refractivity contribution in [3.8, 4) is 0 Å². The van der Waals surface area contributed by atoms with E-state index in [9.17, 15) is 18.3 Å².